The highest BCUT2D eigenvalue weighted by Gasteiger charge is 2.25. The van der Waals surface area contributed by atoms with E-state index in [1.165, 1.54) is 11.3 Å². The standard InChI is InChI=1S/C20H22N4O2/c1-13-19(25)23-16-7-4-6-15(18(16)22-13)20(26)21-10-12-24-11-9-14-5-2-3-8-17(14)24/h2-8,13,22H,9-12H2,1H3,(H,21,26)(H,23,25). The lowest BCUT2D eigenvalue weighted by Crippen LogP contribution is -2.38. The van der Waals surface area contributed by atoms with Crippen LogP contribution < -0.4 is 20.9 Å². The molecular weight excluding hydrogens is 328 g/mol. The molecule has 0 fully saturated rings. The van der Waals surface area contributed by atoms with Gasteiger partial charge in [-0.1, -0.05) is 24.3 Å². The third-order valence-electron chi connectivity index (χ3n) is 4.97. The van der Waals surface area contributed by atoms with E-state index in [1.807, 2.05) is 6.07 Å². The van der Waals surface area contributed by atoms with Crippen molar-refractivity contribution in [3.05, 3.63) is 53.6 Å². The maximum absolute atomic E-state index is 12.6. The number of carbonyl (C=O) groups excluding carboxylic acids is 2. The first-order valence-electron chi connectivity index (χ1n) is 8.95. The van der Waals surface area contributed by atoms with E-state index in [0.717, 1.165) is 19.5 Å². The minimum atomic E-state index is -0.363. The number of hydrogen-bond acceptors (Lipinski definition) is 4. The van der Waals surface area contributed by atoms with Gasteiger partial charge in [0, 0.05) is 25.3 Å². The van der Waals surface area contributed by atoms with Crippen molar-refractivity contribution in [2.45, 2.75) is 19.4 Å². The van der Waals surface area contributed by atoms with Crippen LogP contribution in [0.1, 0.15) is 22.8 Å². The van der Waals surface area contributed by atoms with Gasteiger partial charge in [-0.25, -0.2) is 0 Å². The van der Waals surface area contributed by atoms with E-state index in [4.69, 9.17) is 0 Å². The van der Waals surface area contributed by atoms with E-state index >= 15 is 0 Å². The van der Waals surface area contributed by atoms with Gasteiger partial charge in [-0.2, -0.15) is 0 Å². The zero-order chi connectivity index (χ0) is 18.1. The lowest BCUT2D eigenvalue weighted by molar-refractivity contribution is -0.116. The molecule has 4 rings (SSSR count). The number of para-hydroxylation sites is 2. The lowest BCUT2D eigenvalue weighted by Gasteiger charge is -2.26. The van der Waals surface area contributed by atoms with Crippen LogP contribution in [-0.2, 0) is 11.2 Å². The fraction of sp³-hybridized carbons (Fsp3) is 0.300. The predicted octanol–water partition coefficient (Wildman–Crippen LogP) is 2.23. The van der Waals surface area contributed by atoms with Crippen molar-refractivity contribution in [3.8, 4) is 0 Å². The molecule has 1 unspecified atom stereocenters. The highest BCUT2D eigenvalue weighted by Crippen LogP contribution is 2.30. The Kier molecular flexibility index (Phi) is 4.24. The second kappa shape index (κ2) is 6.71. The van der Waals surface area contributed by atoms with E-state index in [2.05, 4.69) is 39.0 Å². The molecule has 2 aliphatic rings. The Morgan fingerprint density at radius 1 is 1.23 bits per heavy atom. The summed E-state index contributed by atoms with van der Waals surface area (Å²) in [6.45, 7) is 4.11. The van der Waals surface area contributed by atoms with Crippen LogP contribution in [0.4, 0.5) is 17.1 Å². The van der Waals surface area contributed by atoms with Gasteiger partial charge in [0.1, 0.15) is 6.04 Å². The topological polar surface area (TPSA) is 73.5 Å². The van der Waals surface area contributed by atoms with Gasteiger partial charge in [0.2, 0.25) is 5.91 Å². The van der Waals surface area contributed by atoms with Gasteiger partial charge in [-0.15, -0.1) is 0 Å². The summed E-state index contributed by atoms with van der Waals surface area (Å²) in [5.41, 5.74) is 4.51. The summed E-state index contributed by atoms with van der Waals surface area (Å²) < 4.78 is 0. The van der Waals surface area contributed by atoms with Crippen molar-refractivity contribution in [1.29, 1.82) is 0 Å². The Balaban J connectivity index is 1.41. The summed E-state index contributed by atoms with van der Waals surface area (Å²) >= 11 is 0. The molecule has 2 aromatic carbocycles. The second-order valence-electron chi connectivity index (χ2n) is 6.71. The Morgan fingerprint density at radius 2 is 2.08 bits per heavy atom. The Labute approximate surface area is 152 Å². The maximum Gasteiger partial charge on any atom is 0.253 e. The molecule has 0 saturated carbocycles. The second-order valence-corrected chi connectivity index (χ2v) is 6.71. The number of nitrogens with one attached hydrogen (secondary N) is 3. The molecule has 0 aromatic heterocycles. The van der Waals surface area contributed by atoms with E-state index in [-0.39, 0.29) is 17.9 Å². The average Bonchev–Trinajstić information content (AvgIpc) is 3.05. The molecule has 26 heavy (non-hydrogen) atoms. The van der Waals surface area contributed by atoms with Gasteiger partial charge in [0.15, 0.2) is 0 Å². The lowest BCUT2D eigenvalue weighted by atomic mass is 10.1. The minimum Gasteiger partial charge on any atom is -0.372 e. The van der Waals surface area contributed by atoms with Gasteiger partial charge in [0.25, 0.3) is 5.91 Å². The Bertz CT molecular complexity index is 865. The van der Waals surface area contributed by atoms with E-state index in [1.54, 1.807) is 25.1 Å². The molecule has 134 valence electrons. The van der Waals surface area contributed by atoms with Crippen molar-refractivity contribution in [2.24, 2.45) is 0 Å². The Hall–Kier alpha value is -3.02. The summed E-state index contributed by atoms with van der Waals surface area (Å²) in [5, 5.41) is 8.95. The van der Waals surface area contributed by atoms with E-state index in [9.17, 15) is 9.59 Å². The third-order valence-corrected chi connectivity index (χ3v) is 4.97. The molecule has 2 amide bonds. The van der Waals surface area contributed by atoms with Crippen molar-refractivity contribution < 1.29 is 9.59 Å². The van der Waals surface area contributed by atoms with Crippen LogP contribution in [0.5, 0.6) is 0 Å². The third kappa shape index (κ3) is 2.98. The largest absolute Gasteiger partial charge is 0.372 e. The molecule has 6 nitrogen and oxygen atoms in total. The highest BCUT2D eigenvalue weighted by molar-refractivity contribution is 6.09. The SMILES string of the molecule is CC1Nc2c(cccc2C(=O)NCCN2CCc3ccccc32)NC1=O. The fourth-order valence-electron chi connectivity index (χ4n) is 3.56. The van der Waals surface area contributed by atoms with E-state index in [0.29, 0.717) is 23.5 Å². The molecule has 2 aromatic rings. The molecule has 2 heterocycles. The van der Waals surface area contributed by atoms with Crippen LogP contribution in [-0.4, -0.2) is 37.5 Å². The van der Waals surface area contributed by atoms with Crippen molar-refractivity contribution in [1.82, 2.24) is 5.32 Å². The summed E-state index contributed by atoms with van der Waals surface area (Å²) in [5.74, 6) is -0.229. The number of amides is 2. The zero-order valence-electron chi connectivity index (χ0n) is 14.7. The minimum absolute atomic E-state index is 0.0947. The molecule has 0 aliphatic carbocycles. The number of anilines is 3. The summed E-state index contributed by atoms with van der Waals surface area (Å²) in [4.78, 5) is 26.7. The summed E-state index contributed by atoms with van der Waals surface area (Å²) in [6, 6.07) is 13.4. The molecule has 1 atom stereocenters. The first-order valence-corrected chi connectivity index (χ1v) is 8.95. The molecule has 0 radical (unpaired) electrons. The number of fused-ring (bicyclic) bond motifs is 2. The molecule has 2 aliphatic heterocycles. The number of nitrogens with zero attached hydrogens (tertiary/aromatic N) is 1. The van der Waals surface area contributed by atoms with Gasteiger partial charge in [0.05, 0.1) is 16.9 Å². The first-order chi connectivity index (χ1) is 12.6. The van der Waals surface area contributed by atoms with Crippen LogP contribution in [0.2, 0.25) is 0 Å². The zero-order valence-corrected chi connectivity index (χ0v) is 14.7. The van der Waals surface area contributed by atoms with Crippen LogP contribution >= 0.6 is 0 Å². The first kappa shape index (κ1) is 16.4. The molecule has 0 spiro atoms. The number of carbonyl (C=O) groups is 2. The normalized spacial score (nSPS) is 17.8. The van der Waals surface area contributed by atoms with Crippen LogP contribution in [0.3, 0.4) is 0 Å². The van der Waals surface area contributed by atoms with Crippen LogP contribution in [0.25, 0.3) is 0 Å². The predicted molar refractivity (Wildman–Crippen MR) is 103 cm³/mol. The number of benzene rings is 2. The van der Waals surface area contributed by atoms with Crippen molar-refractivity contribution in [3.63, 3.8) is 0 Å². The van der Waals surface area contributed by atoms with Crippen molar-refractivity contribution >= 4 is 28.9 Å². The van der Waals surface area contributed by atoms with Gasteiger partial charge in [-0.05, 0) is 37.1 Å². The van der Waals surface area contributed by atoms with Gasteiger partial charge < -0.3 is 20.9 Å². The molecule has 0 bridgehead atoms. The van der Waals surface area contributed by atoms with Crippen molar-refractivity contribution in [2.75, 3.05) is 35.2 Å². The fourth-order valence-corrected chi connectivity index (χ4v) is 3.56. The van der Waals surface area contributed by atoms with E-state index < -0.39 is 0 Å². The van der Waals surface area contributed by atoms with Crippen LogP contribution in [0, 0.1) is 0 Å². The smallest absolute Gasteiger partial charge is 0.253 e. The highest BCUT2D eigenvalue weighted by atomic mass is 16.2. The molecule has 6 heteroatoms. The molecule has 3 N–H and O–H groups in total. The van der Waals surface area contributed by atoms with Gasteiger partial charge in [-0.3, -0.25) is 9.59 Å². The monoisotopic (exact) mass is 350 g/mol. The summed E-state index contributed by atoms with van der Waals surface area (Å²) in [6.07, 6.45) is 1.05. The number of hydrogen-bond donors (Lipinski definition) is 3. The maximum atomic E-state index is 12.6. The summed E-state index contributed by atoms with van der Waals surface area (Å²) in [7, 11) is 0. The quantitative estimate of drug-likeness (QED) is 0.791. The Morgan fingerprint density at radius 3 is 2.96 bits per heavy atom. The van der Waals surface area contributed by atoms with Crippen LogP contribution in [0.15, 0.2) is 42.5 Å². The average molecular weight is 350 g/mol. The molecular formula is C20H22N4O2. The van der Waals surface area contributed by atoms with Gasteiger partial charge >= 0.3 is 0 Å². The molecule has 0 saturated heterocycles. The number of rotatable bonds is 4.